The quantitative estimate of drug-likeness (QED) is 0.645. The van der Waals surface area contributed by atoms with E-state index >= 15 is 0 Å². The number of rotatable bonds is 3. The summed E-state index contributed by atoms with van der Waals surface area (Å²) in [6, 6.07) is 8.70. The van der Waals surface area contributed by atoms with Crippen molar-refractivity contribution in [3.63, 3.8) is 0 Å². The Morgan fingerprint density at radius 1 is 1.17 bits per heavy atom. The van der Waals surface area contributed by atoms with Crippen LogP contribution in [-0.2, 0) is 0 Å². The first kappa shape index (κ1) is 12.7. The molecule has 1 heterocycles. The van der Waals surface area contributed by atoms with E-state index in [-0.39, 0.29) is 11.9 Å². The van der Waals surface area contributed by atoms with Gasteiger partial charge in [-0.1, -0.05) is 12.1 Å². The zero-order valence-electron chi connectivity index (χ0n) is 10.4. The number of hydrazine groups is 1. The van der Waals surface area contributed by atoms with Crippen LogP contribution in [0.3, 0.4) is 0 Å². The number of hydrogen-bond donors (Lipinski definition) is 2. The van der Waals surface area contributed by atoms with E-state index in [0.29, 0.717) is 5.56 Å². The molecule has 0 spiro atoms. The van der Waals surface area contributed by atoms with E-state index in [1.54, 1.807) is 19.2 Å². The Labute approximate surface area is 106 Å². The monoisotopic (exact) mass is 245 g/mol. The van der Waals surface area contributed by atoms with Crippen molar-refractivity contribution < 1.29 is 4.39 Å². The maximum absolute atomic E-state index is 13.6. The van der Waals surface area contributed by atoms with Gasteiger partial charge in [0.05, 0.1) is 6.04 Å². The average molecular weight is 245 g/mol. The lowest BCUT2D eigenvalue weighted by molar-refractivity contribution is 0.598. The molecule has 2 aromatic rings. The van der Waals surface area contributed by atoms with E-state index in [9.17, 15) is 4.39 Å². The van der Waals surface area contributed by atoms with E-state index in [1.807, 2.05) is 25.1 Å². The number of pyridine rings is 1. The Hall–Kier alpha value is -1.78. The van der Waals surface area contributed by atoms with Crippen LogP contribution in [0.15, 0.2) is 36.5 Å². The summed E-state index contributed by atoms with van der Waals surface area (Å²) in [5.41, 5.74) is 6.01. The van der Waals surface area contributed by atoms with Crippen molar-refractivity contribution in [1.29, 1.82) is 0 Å². The molecule has 1 unspecified atom stereocenters. The van der Waals surface area contributed by atoms with Crippen molar-refractivity contribution in [3.8, 4) is 0 Å². The van der Waals surface area contributed by atoms with Gasteiger partial charge < -0.3 is 0 Å². The highest BCUT2D eigenvalue weighted by Crippen LogP contribution is 2.23. The molecular weight excluding hydrogens is 229 g/mol. The van der Waals surface area contributed by atoms with Crippen LogP contribution in [0.1, 0.15) is 28.4 Å². The summed E-state index contributed by atoms with van der Waals surface area (Å²) in [4.78, 5) is 4.14. The zero-order valence-corrected chi connectivity index (χ0v) is 10.4. The Bertz CT molecular complexity index is 554. The zero-order chi connectivity index (χ0) is 13.1. The van der Waals surface area contributed by atoms with Crippen molar-refractivity contribution in [2.75, 3.05) is 0 Å². The number of hydrogen-bond acceptors (Lipinski definition) is 3. The number of halogens is 1. The molecule has 0 saturated heterocycles. The SMILES string of the molecule is Cc1cc(C(NN)c2ccc(C)c(F)c2)ccn1. The lowest BCUT2D eigenvalue weighted by Crippen LogP contribution is -2.29. The third kappa shape index (κ3) is 2.55. The first-order valence-electron chi connectivity index (χ1n) is 5.76. The van der Waals surface area contributed by atoms with E-state index in [0.717, 1.165) is 16.8 Å². The second-order valence-corrected chi connectivity index (χ2v) is 4.34. The molecule has 94 valence electrons. The molecule has 3 nitrogen and oxygen atoms in total. The molecule has 4 heteroatoms. The van der Waals surface area contributed by atoms with Gasteiger partial charge >= 0.3 is 0 Å². The van der Waals surface area contributed by atoms with Crippen LogP contribution in [0.2, 0.25) is 0 Å². The Balaban J connectivity index is 2.42. The summed E-state index contributed by atoms with van der Waals surface area (Å²) in [6.45, 7) is 3.65. The minimum Gasteiger partial charge on any atom is -0.271 e. The van der Waals surface area contributed by atoms with Gasteiger partial charge in [-0.15, -0.1) is 0 Å². The summed E-state index contributed by atoms with van der Waals surface area (Å²) >= 11 is 0. The second-order valence-electron chi connectivity index (χ2n) is 4.34. The van der Waals surface area contributed by atoms with Crippen molar-refractivity contribution in [2.45, 2.75) is 19.9 Å². The fraction of sp³-hybridized carbons (Fsp3) is 0.214. The highest BCUT2D eigenvalue weighted by Gasteiger charge is 2.13. The van der Waals surface area contributed by atoms with Crippen molar-refractivity contribution >= 4 is 0 Å². The number of nitrogens with two attached hydrogens (primary N) is 1. The Kier molecular flexibility index (Phi) is 3.69. The van der Waals surface area contributed by atoms with Gasteiger partial charge in [-0.05, 0) is 48.7 Å². The lowest BCUT2D eigenvalue weighted by Gasteiger charge is -2.17. The van der Waals surface area contributed by atoms with Crippen molar-refractivity contribution in [3.05, 3.63) is 64.7 Å². The predicted molar refractivity (Wildman–Crippen MR) is 69.3 cm³/mol. The maximum Gasteiger partial charge on any atom is 0.126 e. The van der Waals surface area contributed by atoms with Crippen LogP contribution < -0.4 is 11.3 Å². The van der Waals surface area contributed by atoms with Crippen molar-refractivity contribution in [1.82, 2.24) is 10.4 Å². The average Bonchev–Trinajstić information content (AvgIpc) is 2.35. The van der Waals surface area contributed by atoms with E-state index in [2.05, 4.69) is 10.4 Å². The first-order valence-corrected chi connectivity index (χ1v) is 5.76. The van der Waals surface area contributed by atoms with Crippen LogP contribution in [0.4, 0.5) is 4.39 Å². The van der Waals surface area contributed by atoms with Gasteiger partial charge in [-0.2, -0.15) is 0 Å². The van der Waals surface area contributed by atoms with Gasteiger partial charge in [0.25, 0.3) is 0 Å². The van der Waals surface area contributed by atoms with Crippen LogP contribution >= 0.6 is 0 Å². The first-order chi connectivity index (χ1) is 8.61. The molecule has 0 aliphatic rings. The van der Waals surface area contributed by atoms with E-state index in [1.165, 1.54) is 6.07 Å². The molecule has 1 atom stereocenters. The van der Waals surface area contributed by atoms with Crippen LogP contribution in [0, 0.1) is 19.7 Å². The lowest BCUT2D eigenvalue weighted by atomic mass is 9.98. The molecule has 1 aromatic heterocycles. The summed E-state index contributed by atoms with van der Waals surface area (Å²) < 4.78 is 13.6. The molecule has 0 aliphatic heterocycles. The number of nitrogens with zero attached hydrogens (tertiary/aromatic N) is 1. The number of aryl methyl sites for hydroxylation is 2. The summed E-state index contributed by atoms with van der Waals surface area (Å²) in [7, 11) is 0. The van der Waals surface area contributed by atoms with Crippen LogP contribution in [-0.4, -0.2) is 4.98 Å². The van der Waals surface area contributed by atoms with E-state index in [4.69, 9.17) is 5.84 Å². The minimum atomic E-state index is -0.234. The molecule has 0 bridgehead atoms. The predicted octanol–water partition coefficient (Wildman–Crippen LogP) is 2.39. The molecule has 0 saturated carbocycles. The highest BCUT2D eigenvalue weighted by atomic mass is 19.1. The fourth-order valence-corrected chi connectivity index (χ4v) is 1.92. The topological polar surface area (TPSA) is 50.9 Å². The molecular formula is C14H16FN3. The van der Waals surface area contributed by atoms with Crippen LogP contribution in [0.5, 0.6) is 0 Å². The molecule has 2 rings (SSSR count). The molecule has 0 fully saturated rings. The van der Waals surface area contributed by atoms with Gasteiger partial charge in [0.15, 0.2) is 0 Å². The van der Waals surface area contributed by atoms with Crippen LogP contribution in [0.25, 0.3) is 0 Å². The van der Waals surface area contributed by atoms with Gasteiger partial charge in [-0.25, -0.2) is 9.82 Å². The maximum atomic E-state index is 13.6. The fourth-order valence-electron chi connectivity index (χ4n) is 1.92. The highest BCUT2D eigenvalue weighted by molar-refractivity contribution is 5.33. The van der Waals surface area contributed by atoms with Gasteiger partial charge in [-0.3, -0.25) is 10.8 Å². The van der Waals surface area contributed by atoms with Gasteiger partial charge in [0.2, 0.25) is 0 Å². The molecule has 0 radical (unpaired) electrons. The number of nitrogens with one attached hydrogen (secondary N) is 1. The minimum absolute atomic E-state index is 0.224. The Morgan fingerprint density at radius 2 is 1.89 bits per heavy atom. The smallest absolute Gasteiger partial charge is 0.126 e. The van der Waals surface area contributed by atoms with Gasteiger partial charge in [0.1, 0.15) is 5.82 Å². The molecule has 18 heavy (non-hydrogen) atoms. The molecule has 3 N–H and O–H groups in total. The summed E-state index contributed by atoms with van der Waals surface area (Å²) in [5, 5.41) is 0. The summed E-state index contributed by atoms with van der Waals surface area (Å²) in [6.07, 6.45) is 1.72. The Morgan fingerprint density at radius 3 is 2.50 bits per heavy atom. The van der Waals surface area contributed by atoms with Crippen molar-refractivity contribution in [2.24, 2.45) is 5.84 Å². The van der Waals surface area contributed by atoms with Gasteiger partial charge in [0, 0.05) is 11.9 Å². The summed E-state index contributed by atoms with van der Waals surface area (Å²) in [5.74, 6) is 5.36. The third-order valence-corrected chi connectivity index (χ3v) is 2.95. The molecule has 1 aromatic carbocycles. The number of aromatic nitrogens is 1. The molecule has 0 aliphatic carbocycles. The second kappa shape index (κ2) is 5.25. The number of benzene rings is 1. The molecule has 0 amide bonds. The largest absolute Gasteiger partial charge is 0.271 e. The normalized spacial score (nSPS) is 12.4. The standard InChI is InChI=1S/C14H16FN3/c1-9-3-4-11(8-13(9)15)14(18-16)12-5-6-17-10(2)7-12/h3-8,14,18H,16H2,1-2H3. The van der Waals surface area contributed by atoms with E-state index < -0.39 is 0 Å². The third-order valence-electron chi connectivity index (χ3n) is 2.95.